The number of rotatable bonds is 3. The SMILES string of the molecule is CC1CCN(S(=O)(=O)c2cc(N)c(F)cc2F)C1CO. The topological polar surface area (TPSA) is 83.6 Å². The Morgan fingerprint density at radius 3 is 2.65 bits per heavy atom. The van der Waals surface area contributed by atoms with Gasteiger partial charge in [-0.15, -0.1) is 0 Å². The fourth-order valence-corrected chi connectivity index (χ4v) is 4.22. The molecule has 0 radical (unpaired) electrons. The van der Waals surface area contributed by atoms with E-state index in [1.54, 1.807) is 0 Å². The summed E-state index contributed by atoms with van der Waals surface area (Å²) in [5.41, 5.74) is 4.87. The number of halogens is 2. The third kappa shape index (κ3) is 2.38. The molecule has 0 amide bonds. The molecule has 0 aliphatic carbocycles. The van der Waals surface area contributed by atoms with Crippen LogP contribution in [-0.4, -0.2) is 37.0 Å². The summed E-state index contributed by atoms with van der Waals surface area (Å²) in [7, 11) is -4.15. The first kappa shape index (κ1) is 15.1. The molecule has 1 aromatic rings. The summed E-state index contributed by atoms with van der Waals surface area (Å²) < 4.78 is 52.8. The molecule has 1 fully saturated rings. The third-order valence-corrected chi connectivity index (χ3v) is 5.60. The van der Waals surface area contributed by atoms with Gasteiger partial charge in [-0.1, -0.05) is 6.92 Å². The zero-order valence-electron chi connectivity index (χ0n) is 10.9. The van der Waals surface area contributed by atoms with E-state index in [1.165, 1.54) is 0 Å². The van der Waals surface area contributed by atoms with Gasteiger partial charge in [0.05, 0.1) is 18.3 Å². The molecule has 1 aromatic carbocycles. The summed E-state index contributed by atoms with van der Waals surface area (Å²) in [6.07, 6.45) is 0.572. The van der Waals surface area contributed by atoms with Gasteiger partial charge < -0.3 is 10.8 Å². The van der Waals surface area contributed by atoms with E-state index in [9.17, 15) is 22.3 Å². The molecule has 8 heteroatoms. The molecule has 20 heavy (non-hydrogen) atoms. The van der Waals surface area contributed by atoms with Crippen LogP contribution in [0.25, 0.3) is 0 Å². The number of hydrogen-bond acceptors (Lipinski definition) is 4. The molecule has 112 valence electrons. The zero-order chi connectivity index (χ0) is 15.1. The predicted octanol–water partition coefficient (Wildman–Crippen LogP) is 0.938. The minimum absolute atomic E-state index is 0.0318. The Morgan fingerprint density at radius 2 is 2.05 bits per heavy atom. The number of aliphatic hydroxyl groups is 1. The van der Waals surface area contributed by atoms with Crippen LogP contribution in [0.3, 0.4) is 0 Å². The molecule has 1 saturated heterocycles. The van der Waals surface area contributed by atoms with Crippen molar-refractivity contribution in [3.8, 4) is 0 Å². The van der Waals surface area contributed by atoms with E-state index in [1.807, 2.05) is 6.92 Å². The lowest BCUT2D eigenvalue weighted by atomic mass is 10.0. The van der Waals surface area contributed by atoms with Gasteiger partial charge in [-0.3, -0.25) is 0 Å². The Kier molecular flexibility index (Phi) is 3.99. The molecular formula is C12H16F2N2O3S. The number of sulfonamides is 1. The minimum Gasteiger partial charge on any atom is -0.396 e. The summed E-state index contributed by atoms with van der Waals surface area (Å²) >= 11 is 0. The van der Waals surface area contributed by atoms with Gasteiger partial charge in [-0.2, -0.15) is 4.31 Å². The van der Waals surface area contributed by atoms with Crippen LogP contribution in [0.2, 0.25) is 0 Å². The molecule has 0 spiro atoms. The van der Waals surface area contributed by atoms with Crippen molar-refractivity contribution in [2.75, 3.05) is 18.9 Å². The molecule has 5 nitrogen and oxygen atoms in total. The predicted molar refractivity (Wildman–Crippen MR) is 69.3 cm³/mol. The van der Waals surface area contributed by atoms with Crippen LogP contribution in [0, 0.1) is 17.6 Å². The van der Waals surface area contributed by atoms with Crippen LogP contribution in [0.5, 0.6) is 0 Å². The van der Waals surface area contributed by atoms with Crippen molar-refractivity contribution in [3.63, 3.8) is 0 Å². The Balaban J connectivity index is 2.48. The Morgan fingerprint density at radius 1 is 1.40 bits per heavy atom. The molecule has 1 aliphatic heterocycles. The van der Waals surface area contributed by atoms with Crippen molar-refractivity contribution in [1.29, 1.82) is 0 Å². The number of aliphatic hydroxyl groups excluding tert-OH is 1. The lowest BCUT2D eigenvalue weighted by Crippen LogP contribution is -2.40. The first-order valence-electron chi connectivity index (χ1n) is 6.16. The smallest absolute Gasteiger partial charge is 0.246 e. The summed E-state index contributed by atoms with van der Waals surface area (Å²) in [6, 6.07) is 0.623. The van der Waals surface area contributed by atoms with Crippen LogP contribution >= 0.6 is 0 Å². The largest absolute Gasteiger partial charge is 0.396 e. The second-order valence-electron chi connectivity index (χ2n) is 4.94. The second kappa shape index (κ2) is 5.27. The van der Waals surface area contributed by atoms with Crippen LogP contribution in [0.4, 0.5) is 14.5 Å². The van der Waals surface area contributed by atoms with Crippen LogP contribution in [-0.2, 0) is 10.0 Å². The minimum atomic E-state index is -4.15. The third-order valence-electron chi connectivity index (χ3n) is 3.66. The van der Waals surface area contributed by atoms with Gasteiger partial charge in [0.15, 0.2) is 0 Å². The fourth-order valence-electron chi connectivity index (χ4n) is 2.41. The van der Waals surface area contributed by atoms with Gasteiger partial charge >= 0.3 is 0 Å². The summed E-state index contributed by atoms with van der Waals surface area (Å²) in [5, 5.41) is 9.30. The maximum absolute atomic E-state index is 13.7. The number of hydrogen-bond donors (Lipinski definition) is 2. The van der Waals surface area contributed by atoms with Crippen molar-refractivity contribution in [2.45, 2.75) is 24.3 Å². The lowest BCUT2D eigenvalue weighted by Gasteiger charge is -2.24. The molecule has 0 aromatic heterocycles. The maximum atomic E-state index is 13.7. The second-order valence-corrected chi connectivity index (χ2v) is 6.79. The number of nitrogens with two attached hydrogens (primary N) is 1. The summed E-state index contributed by atoms with van der Waals surface area (Å²) in [4.78, 5) is -0.663. The standard InChI is InChI=1S/C12H16F2N2O3S/c1-7-2-3-16(11(7)6-17)20(18,19)12-5-10(15)8(13)4-9(12)14/h4-5,7,11,17H,2-3,6,15H2,1H3. The van der Waals surface area contributed by atoms with Crippen LogP contribution < -0.4 is 5.73 Å². The lowest BCUT2D eigenvalue weighted by molar-refractivity contribution is 0.191. The summed E-state index contributed by atoms with van der Waals surface area (Å²) in [5.74, 6) is -2.22. The van der Waals surface area contributed by atoms with E-state index >= 15 is 0 Å². The summed E-state index contributed by atoms with van der Waals surface area (Å²) in [6.45, 7) is 1.65. The van der Waals surface area contributed by atoms with Gasteiger partial charge in [-0.25, -0.2) is 17.2 Å². The fraction of sp³-hybridized carbons (Fsp3) is 0.500. The van der Waals surface area contributed by atoms with Gasteiger partial charge in [0.1, 0.15) is 16.5 Å². The van der Waals surface area contributed by atoms with Crippen molar-refractivity contribution in [3.05, 3.63) is 23.8 Å². The molecular weight excluding hydrogens is 290 g/mol. The van der Waals surface area contributed by atoms with Crippen molar-refractivity contribution in [1.82, 2.24) is 4.31 Å². The van der Waals surface area contributed by atoms with Crippen molar-refractivity contribution in [2.24, 2.45) is 5.92 Å². The molecule has 2 unspecified atom stereocenters. The molecule has 2 atom stereocenters. The molecule has 2 rings (SSSR count). The Bertz CT molecular complexity index is 621. The van der Waals surface area contributed by atoms with Gasteiger partial charge in [0, 0.05) is 12.6 Å². The highest BCUT2D eigenvalue weighted by molar-refractivity contribution is 7.89. The van der Waals surface area contributed by atoms with Crippen molar-refractivity contribution >= 4 is 15.7 Å². The van der Waals surface area contributed by atoms with E-state index in [-0.39, 0.29) is 19.1 Å². The average Bonchev–Trinajstić information content (AvgIpc) is 2.75. The van der Waals surface area contributed by atoms with Gasteiger partial charge in [0.25, 0.3) is 0 Å². The average molecular weight is 306 g/mol. The van der Waals surface area contributed by atoms with E-state index < -0.39 is 38.3 Å². The highest BCUT2D eigenvalue weighted by Crippen LogP contribution is 2.32. The number of benzene rings is 1. The monoisotopic (exact) mass is 306 g/mol. The highest BCUT2D eigenvalue weighted by atomic mass is 32.2. The molecule has 0 bridgehead atoms. The Hall–Kier alpha value is -1.25. The first-order chi connectivity index (χ1) is 9.28. The molecule has 3 N–H and O–H groups in total. The highest BCUT2D eigenvalue weighted by Gasteiger charge is 2.40. The van der Waals surface area contributed by atoms with E-state index in [0.717, 1.165) is 10.4 Å². The van der Waals surface area contributed by atoms with Crippen LogP contribution in [0.15, 0.2) is 17.0 Å². The van der Waals surface area contributed by atoms with Crippen LogP contribution in [0.1, 0.15) is 13.3 Å². The van der Waals surface area contributed by atoms with Gasteiger partial charge in [-0.05, 0) is 18.4 Å². The first-order valence-corrected chi connectivity index (χ1v) is 7.60. The number of nitrogens with zero attached hydrogens (tertiary/aromatic N) is 1. The van der Waals surface area contributed by atoms with E-state index in [0.29, 0.717) is 12.5 Å². The maximum Gasteiger partial charge on any atom is 0.246 e. The van der Waals surface area contributed by atoms with Crippen molar-refractivity contribution < 1.29 is 22.3 Å². The quantitative estimate of drug-likeness (QED) is 0.814. The Labute approximate surface area is 116 Å². The number of nitrogen functional groups attached to an aromatic ring is 1. The van der Waals surface area contributed by atoms with E-state index in [4.69, 9.17) is 5.73 Å². The molecule has 0 saturated carbocycles. The molecule has 1 heterocycles. The zero-order valence-corrected chi connectivity index (χ0v) is 11.7. The van der Waals surface area contributed by atoms with E-state index in [2.05, 4.69) is 0 Å². The number of anilines is 1. The molecule has 1 aliphatic rings. The van der Waals surface area contributed by atoms with Gasteiger partial charge in [0.2, 0.25) is 10.0 Å². The normalized spacial score (nSPS) is 24.2.